The number of nitrogens with one attached hydrogen (secondary N) is 1. The van der Waals surface area contributed by atoms with Gasteiger partial charge < -0.3 is 20.1 Å². The molecule has 2 N–H and O–H groups in total. The lowest BCUT2D eigenvalue weighted by Crippen LogP contribution is -2.45. The van der Waals surface area contributed by atoms with Crippen LogP contribution in [0.15, 0.2) is 41.3 Å². The fourth-order valence-corrected chi connectivity index (χ4v) is 5.51. The predicted molar refractivity (Wildman–Crippen MR) is 143 cm³/mol. The number of thioether (sulfide) groups is 1. The van der Waals surface area contributed by atoms with Gasteiger partial charge in [-0.1, -0.05) is 31.4 Å². The number of carbonyl (C=O) groups excluding carboxylic acids is 2. The molecule has 1 aromatic carbocycles. The largest absolute Gasteiger partial charge is 0.466 e. The SMILES string of the molecule is CCOC(=O)C1CCN(c2nc(-c3ccc(SC)cc3)ccc2C(=O)NCC2(O)CCCCC2)CC1. The van der Waals surface area contributed by atoms with Gasteiger partial charge in [0.25, 0.3) is 5.91 Å². The van der Waals surface area contributed by atoms with Crippen molar-refractivity contribution < 1.29 is 19.4 Å². The lowest BCUT2D eigenvalue weighted by atomic mass is 9.85. The summed E-state index contributed by atoms with van der Waals surface area (Å²) in [4.78, 5) is 33.8. The fraction of sp³-hybridized carbons (Fsp3) is 0.536. The van der Waals surface area contributed by atoms with E-state index in [0.29, 0.717) is 56.8 Å². The summed E-state index contributed by atoms with van der Waals surface area (Å²) in [6, 6.07) is 11.9. The molecular weight excluding hydrogens is 474 g/mol. The third-order valence-electron chi connectivity index (χ3n) is 7.28. The third-order valence-corrected chi connectivity index (χ3v) is 8.03. The molecule has 0 atom stereocenters. The summed E-state index contributed by atoms with van der Waals surface area (Å²) < 4.78 is 5.22. The Morgan fingerprint density at radius 1 is 1.11 bits per heavy atom. The van der Waals surface area contributed by atoms with E-state index in [2.05, 4.69) is 22.3 Å². The van der Waals surface area contributed by atoms with Crippen molar-refractivity contribution in [3.63, 3.8) is 0 Å². The van der Waals surface area contributed by atoms with Crippen LogP contribution in [0.25, 0.3) is 11.3 Å². The van der Waals surface area contributed by atoms with Crippen LogP contribution in [0.2, 0.25) is 0 Å². The Bertz CT molecular complexity index is 1050. The van der Waals surface area contributed by atoms with Gasteiger partial charge in [0.15, 0.2) is 0 Å². The molecule has 4 rings (SSSR count). The Morgan fingerprint density at radius 2 is 1.81 bits per heavy atom. The number of ether oxygens (including phenoxy) is 1. The zero-order valence-corrected chi connectivity index (χ0v) is 22.1. The second-order valence-corrected chi connectivity index (χ2v) is 10.7. The number of piperidine rings is 1. The van der Waals surface area contributed by atoms with Crippen molar-refractivity contribution in [2.75, 3.05) is 37.4 Å². The van der Waals surface area contributed by atoms with Crippen molar-refractivity contribution >= 4 is 29.5 Å². The Balaban J connectivity index is 1.56. The van der Waals surface area contributed by atoms with Crippen molar-refractivity contribution in [2.45, 2.75) is 62.4 Å². The van der Waals surface area contributed by atoms with Crippen LogP contribution < -0.4 is 10.2 Å². The van der Waals surface area contributed by atoms with Crippen LogP contribution in [0.1, 0.15) is 62.2 Å². The van der Waals surface area contributed by atoms with Crippen molar-refractivity contribution in [3.05, 3.63) is 42.0 Å². The molecule has 2 aliphatic rings. The average molecular weight is 512 g/mol. The van der Waals surface area contributed by atoms with Crippen LogP contribution in [-0.2, 0) is 9.53 Å². The number of nitrogens with zero attached hydrogens (tertiary/aromatic N) is 2. The van der Waals surface area contributed by atoms with Crippen molar-refractivity contribution in [3.8, 4) is 11.3 Å². The molecule has 2 aromatic rings. The highest BCUT2D eigenvalue weighted by molar-refractivity contribution is 7.98. The first-order valence-corrected chi connectivity index (χ1v) is 14.2. The lowest BCUT2D eigenvalue weighted by molar-refractivity contribution is -0.148. The predicted octanol–water partition coefficient (Wildman–Crippen LogP) is 4.68. The van der Waals surface area contributed by atoms with Crippen LogP contribution in [0.4, 0.5) is 5.82 Å². The average Bonchev–Trinajstić information content (AvgIpc) is 2.92. The molecule has 8 heteroatoms. The number of aromatic nitrogens is 1. The van der Waals surface area contributed by atoms with Crippen LogP contribution in [0, 0.1) is 5.92 Å². The van der Waals surface area contributed by atoms with E-state index in [1.165, 1.54) is 4.90 Å². The van der Waals surface area contributed by atoms with E-state index in [-0.39, 0.29) is 24.3 Å². The smallest absolute Gasteiger partial charge is 0.309 e. The van der Waals surface area contributed by atoms with Gasteiger partial charge in [0, 0.05) is 30.1 Å². The number of aliphatic hydroxyl groups is 1. The molecule has 1 saturated heterocycles. The quantitative estimate of drug-likeness (QED) is 0.393. The maximum Gasteiger partial charge on any atom is 0.309 e. The van der Waals surface area contributed by atoms with Gasteiger partial charge in [-0.25, -0.2) is 4.98 Å². The summed E-state index contributed by atoms with van der Waals surface area (Å²) in [6.45, 7) is 3.69. The Kier molecular flexibility index (Phi) is 8.90. The molecule has 0 spiro atoms. The molecular formula is C28H37N3O4S. The number of amides is 1. The maximum atomic E-state index is 13.3. The van der Waals surface area contributed by atoms with Gasteiger partial charge in [-0.05, 0) is 63.1 Å². The molecule has 36 heavy (non-hydrogen) atoms. The summed E-state index contributed by atoms with van der Waals surface area (Å²) in [5, 5.41) is 13.8. The Hall–Kier alpha value is -2.58. The van der Waals surface area contributed by atoms with Crippen LogP contribution in [0.3, 0.4) is 0 Å². The summed E-state index contributed by atoms with van der Waals surface area (Å²) in [7, 11) is 0. The first-order valence-electron chi connectivity index (χ1n) is 13.0. The van der Waals surface area contributed by atoms with Crippen molar-refractivity contribution in [2.24, 2.45) is 5.92 Å². The topological polar surface area (TPSA) is 91.8 Å². The first kappa shape index (κ1) is 26.5. The van der Waals surface area contributed by atoms with E-state index in [4.69, 9.17) is 9.72 Å². The molecule has 2 fully saturated rings. The van der Waals surface area contributed by atoms with Crippen molar-refractivity contribution in [1.82, 2.24) is 10.3 Å². The summed E-state index contributed by atoms with van der Waals surface area (Å²) >= 11 is 1.69. The van der Waals surface area contributed by atoms with Gasteiger partial charge >= 0.3 is 5.97 Å². The molecule has 0 unspecified atom stereocenters. The van der Waals surface area contributed by atoms with Gasteiger partial charge in [-0.15, -0.1) is 11.8 Å². The maximum absolute atomic E-state index is 13.3. The first-order chi connectivity index (χ1) is 17.4. The molecule has 7 nitrogen and oxygen atoms in total. The highest BCUT2D eigenvalue weighted by Crippen LogP contribution is 2.31. The van der Waals surface area contributed by atoms with Gasteiger partial charge in [-0.2, -0.15) is 0 Å². The molecule has 2 heterocycles. The summed E-state index contributed by atoms with van der Waals surface area (Å²) in [6.07, 6.45) is 7.89. The highest BCUT2D eigenvalue weighted by Gasteiger charge is 2.32. The summed E-state index contributed by atoms with van der Waals surface area (Å²) in [5.41, 5.74) is 1.44. The van der Waals surface area contributed by atoms with E-state index in [0.717, 1.165) is 30.5 Å². The number of anilines is 1. The van der Waals surface area contributed by atoms with E-state index in [1.807, 2.05) is 37.4 Å². The minimum Gasteiger partial charge on any atom is -0.466 e. The molecule has 194 valence electrons. The number of rotatable bonds is 8. The normalized spacial score (nSPS) is 18.0. The number of esters is 1. The minimum absolute atomic E-state index is 0.124. The van der Waals surface area contributed by atoms with E-state index in [9.17, 15) is 14.7 Å². The third kappa shape index (κ3) is 6.40. The zero-order valence-electron chi connectivity index (χ0n) is 21.3. The Morgan fingerprint density at radius 3 is 2.44 bits per heavy atom. The second kappa shape index (κ2) is 12.1. The molecule has 1 aromatic heterocycles. The number of hydrogen-bond acceptors (Lipinski definition) is 7. The molecule has 1 saturated carbocycles. The number of benzene rings is 1. The monoisotopic (exact) mass is 511 g/mol. The van der Waals surface area contributed by atoms with Gasteiger partial charge in [-0.3, -0.25) is 9.59 Å². The molecule has 0 radical (unpaired) electrons. The van der Waals surface area contributed by atoms with Gasteiger partial charge in [0.1, 0.15) is 5.82 Å². The lowest BCUT2D eigenvalue weighted by Gasteiger charge is -2.34. The molecule has 1 aliphatic heterocycles. The summed E-state index contributed by atoms with van der Waals surface area (Å²) in [5.74, 6) is 0.123. The minimum atomic E-state index is -0.835. The van der Waals surface area contributed by atoms with E-state index < -0.39 is 5.60 Å². The number of pyridine rings is 1. The fourth-order valence-electron chi connectivity index (χ4n) is 5.10. The van der Waals surface area contributed by atoms with Crippen LogP contribution in [0.5, 0.6) is 0 Å². The molecule has 1 amide bonds. The zero-order chi connectivity index (χ0) is 25.5. The van der Waals surface area contributed by atoms with Gasteiger partial charge in [0.2, 0.25) is 0 Å². The van der Waals surface area contributed by atoms with Crippen LogP contribution in [-0.4, -0.2) is 60.1 Å². The Labute approximate surface area is 218 Å². The van der Waals surface area contributed by atoms with E-state index in [1.54, 1.807) is 11.8 Å². The second-order valence-electron chi connectivity index (χ2n) is 9.78. The number of hydrogen-bond donors (Lipinski definition) is 2. The number of carbonyl (C=O) groups is 2. The highest BCUT2D eigenvalue weighted by atomic mass is 32.2. The van der Waals surface area contributed by atoms with Gasteiger partial charge in [0.05, 0.1) is 29.4 Å². The molecule has 0 bridgehead atoms. The van der Waals surface area contributed by atoms with Crippen molar-refractivity contribution in [1.29, 1.82) is 0 Å². The molecule has 1 aliphatic carbocycles. The standard InChI is InChI=1S/C28H37N3O4S/c1-3-35-27(33)21-13-17-31(18-14-21)25-23(26(32)29-19-28(34)15-5-4-6-16-28)11-12-24(30-25)20-7-9-22(36-2)10-8-20/h7-12,21,34H,3-6,13-19H2,1-2H3,(H,29,32). The van der Waals surface area contributed by atoms with Crippen LogP contribution >= 0.6 is 11.8 Å². The van der Waals surface area contributed by atoms with E-state index >= 15 is 0 Å².